The molecule has 0 bridgehead atoms. The minimum Gasteiger partial charge on any atom is -0.467 e. The molecule has 3 atom stereocenters. The Kier molecular flexibility index (Phi) is 3.16. The number of anilines is 1. The number of aliphatic hydroxyl groups excluding tert-OH is 2. The van der Waals surface area contributed by atoms with Gasteiger partial charge in [0.15, 0.2) is 17.0 Å². The van der Waals surface area contributed by atoms with E-state index in [1.807, 2.05) is 0 Å². The van der Waals surface area contributed by atoms with E-state index in [1.54, 1.807) is 4.57 Å². The van der Waals surface area contributed by atoms with Crippen LogP contribution in [0.3, 0.4) is 0 Å². The first kappa shape index (κ1) is 13.0. The van der Waals surface area contributed by atoms with Crippen LogP contribution in [0.4, 0.5) is 5.82 Å². The van der Waals surface area contributed by atoms with Gasteiger partial charge < -0.3 is 25.4 Å². The van der Waals surface area contributed by atoms with Gasteiger partial charge in [0.1, 0.15) is 12.3 Å². The summed E-state index contributed by atoms with van der Waals surface area (Å²) in [5.74, 6) is 0.211. The van der Waals surface area contributed by atoms with Gasteiger partial charge in [-0.15, -0.1) is 0 Å². The lowest BCUT2D eigenvalue weighted by Crippen LogP contribution is -2.24. The van der Waals surface area contributed by atoms with Gasteiger partial charge in [0.25, 0.3) is 0 Å². The molecule has 9 nitrogen and oxygen atoms in total. The highest BCUT2D eigenvalue weighted by Crippen LogP contribution is 2.31. The summed E-state index contributed by atoms with van der Waals surface area (Å²) in [6.07, 6.45) is 0.0445. The van der Waals surface area contributed by atoms with Crippen molar-refractivity contribution in [1.29, 1.82) is 0 Å². The van der Waals surface area contributed by atoms with E-state index in [1.165, 1.54) is 13.4 Å². The van der Waals surface area contributed by atoms with Crippen LogP contribution in [0.25, 0.3) is 11.2 Å². The first-order chi connectivity index (χ1) is 9.63. The van der Waals surface area contributed by atoms with Crippen LogP contribution >= 0.6 is 0 Å². The molecule has 3 unspecified atom stereocenters. The number of ether oxygens (including phenoxy) is 2. The molecule has 2 aromatic heterocycles. The summed E-state index contributed by atoms with van der Waals surface area (Å²) in [4.78, 5) is 12.3. The van der Waals surface area contributed by atoms with Crippen molar-refractivity contribution in [3.8, 4) is 6.01 Å². The Hall–Kier alpha value is -1.97. The van der Waals surface area contributed by atoms with Crippen molar-refractivity contribution in [1.82, 2.24) is 19.5 Å². The Morgan fingerprint density at radius 2 is 2.35 bits per heavy atom. The fourth-order valence-electron chi connectivity index (χ4n) is 2.27. The smallest absolute Gasteiger partial charge is 0.320 e. The Balaban J connectivity index is 2.02. The van der Waals surface area contributed by atoms with E-state index in [4.69, 9.17) is 20.3 Å². The lowest BCUT2D eigenvalue weighted by molar-refractivity contribution is -0.0432. The molecule has 4 N–H and O–H groups in total. The van der Waals surface area contributed by atoms with Crippen molar-refractivity contribution >= 4 is 17.0 Å². The van der Waals surface area contributed by atoms with Crippen LogP contribution in [-0.2, 0) is 4.74 Å². The zero-order valence-corrected chi connectivity index (χ0v) is 10.8. The van der Waals surface area contributed by atoms with Gasteiger partial charge in [-0.25, -0.2) is 4.98 Å². The van der Waals surface area contributed by atoms with Crippen LogP contribution in [0, 0.1) is 0 Å². The Morgan fingerprint density at radius 3 is 3.00 bits per heavy atom. The number of fused-ring (bicyclic) bond motifs is 1. The number of aliphatic hydroxyl groups is 2. The summed E-state index contributed by atoms with van der Waals surface area (Å²) < 4.78 is 12.2. The van der Waals surface area contributed by atoms with Crippen LogP contribution in [0.15, 0.2) is 6.33 Å². The second-order valence-corrected chi connectivity index (χ2v) is 4.53. The van der Waals surface area contributed by atoms with Crippen LogP contribution in [-0.4, -0.2) is 55.7 Å². The maximum atomic E-state index is 9.78. The summed E-state index contributed by atoms with van der Waals surface area (Å²) in [7, 11) is 1.44. The van der Waals surface area contributed by atoms with Gasteiger partial charge in [0, 0.05) is 6.42 Å². The van der Waals surface area contributed by atoms with E-state index < -0.39 is 18.4 Å². The van der Waals surface area contributed by atoms with E-state index in [9.17, 15) is 5.11 Å². The largest absolute Gasteiger partial charge is 0.467 e. The average molecular weight is 281 g/mol. The predicted octanol–water partition coefficient (Wildman–Crippen LogP) is -0.942. The molecule has 2 aromatic rings. The number of aromatic nitrogens is 4. The summed E-state index contributed by atoms with van der Waals surface area (Å²) in [6, 6.07) is 0.133. The van der Waals surface area contributed by atoms with Crippen LogP contribution in [0.2, 0.25) is 0 Å². The summed E-state index contributed by atoms with van der Waals surface area (Å²) in [6.45, 7) is -0.245. The summed E-state index contributed by atoms with van der Waals surface area (Å²) >= 11 is 0. The number of nitrogens with zero attached hydrogens (tertiary/aromatic N) is 4. The van der Waals surface area contributed by atoms with Gasteiger partial charge in [0.05, 0.1) is 26.1 Å². The zero-order chi connectivity index (χ0) is 14.3. The van der Waals surface area contributed by atoms with Crippen LogP contribution in [0.5, 0.6) is 6.01 Å². The Morgan fingerprint density at radius 1 is 1.55 bits per heavy atom. The molecule has 1 aliphatic heterocycles. The number of hydrogen-bond acceptors (Lipinski definition) is 8. The van der Waals surface area contributed by atoms with Gasteiger partial charge in [0.2, 0.25) is 0 Å². The number of rotatable bonds is 3. The Labute approximate surface area is 114 Å². The highest BCUT2D eigenvalue weighted by atomic mass is 16.5. The van der Waals surface area contributed by atoms with E-state index in [2.05, 4.69) is 15.0 Å². The minimum atomic E-state index is -0.733. The molecule has 0 aromatic carbocycles. The van der Waals surface area contributed by atoms with Gasteiger partial charge in [-0.1, -0.05) is 0 Å². The van der Waals surface area contributed by atoms with Crippen LogP contribution < -0.4 is 10.5 Å². The van der Waals surface area contributed by atoms with E-state index in [0.717, 1.165) is 0 Å². The van der Waals surface area contributed by atoms with E-state index in [-0.39, 0.29) is 18.4 Å². The normalized spacial score (nSPS) is 26.2. The molecule has 1 saturated heterocycles. The van der Waals surface area contributed by atoms with E-state index in [0.29, 0.717) is 17.6 Å². The number of methoxy groups -OCH3 is 1. The molecular weight excluding hydrogens is 266 g/mol. The predicted molar refractivity (Wildman–Crippen MR) is 67.9 cm³/mol. The summed E-state index contributed by atoms with van der Waals surface area (Å²) in [5.41, 5.74) is 6.69. The molecule has 0 radical (unpaired) electrons. The molecule has 3 heterocycles. The van der Waals surface area contributed by atoms with Crippen molar-refractivity contribution in [3.63, 3.8) is 0 Å². The molecule has 0 saturated carbocycles. The number of hydrogen-bond donors (Lipinski definition) is 3. The van der Waals surface area contributed by atoms with E-state index >= 15 is 0 Å². The molecule has 1 fully saturated rings. The molecule has 9 heteroatoms. The molecule has 3 rings (SSSR count). The average Bonchev–Trinajstić information content (AvgIpc) is 3.01. The maximum absolute atomic E-state index is 9.78. The third kappa shape index (κ3) is 1.96. The fourth-order valence-corrected chi connectivity index (χ4v) is 2.27. The highest BCUT2D eigenvalue weighted by Gasteiger charge is 2.35. The zero-order valence-electron chi connectivity index (χ0n) is 10.8. The van der Waals surface area contributed by atoms with Crippen molar-refractivity contribution in [2.45, 2.75) is 24.9 Å². The molecule has 0 aliphatic carbocycles. The topological polar surface area (TPSA) is 129 Å². The van der Waals surface area contributed by atoms with Gasteiger partial charge >= 0.3 is 6.01 Å². The molecule has 1 aliphatic rings. The van der Waals surface area contributed by atoms with Crippen molar-refractivity contribution < 1.29 is 19.7 Å². The molecular formula is C11H15N5O4. The first-order valence-corrected chi connectivity index (χ1v) is 6.12. The van der Waals surface area contributed by atoms with Crippen molar-refractivity contribution in [2.75, 3.05) is 19.5 Å². The Bertz CT molecular complexity index is 631. The SMILES string of the molecule is COc1nc(N)c2ncn(C3CC(O)C(CO)O3)c2n1. The first-order valence-electron chi connectivity index (χ1n) is 6.12. The third-order valence-electron chi connectivity index (χ3n) is 3.30. The van der Waals surface area contributed by atoms with Crippen LogP contribution in [0.1, 0.15) is 12.6 Å². The lowest BCUT2D eigenvalue weighted by Gasteiger charge is -2.13. The highest BCUT2D eigenvalue weighted by molar-refractivity contribution is 5.81. The monoisotopic (exact) mass is 281 g/mol. The molecule has 0 amide bonds. The molecule has 108 valence electrons. The third-order valence-corrected chi connectivity index (χ3v) is 3.30. The number of imidazole rings is 1. The second kappa shape index (κ2) is 4.85. The second-order valence-electron chi connectivity index (χ2n) is 4.53. The maximum Gasteiger partial charge on any atom is 0.320 e. The fraction of sp³-hybridized carbons (Fsp3) is 0.545. The van der Waals surface area contributed by atoms with Gasteiger partial charge in [-0.2, -0.15) is 9.97 Å². The minimum absolute atomic E-state index is 0.133. The standard InChI is InChI=1S/C11H15N5O4/c1-19-11-14-9(12)8-10(15-11)16(4-13-8)7-2-5(18)6(3-17)20-7/h4-7,17-18H,2-3H2,1H3,(H2,12,14,15). The summed E-state index contributed by atoms with van der Waals surface area (Å²) in [5, 5.41) is 18.9. The van der Waals surface area contributed by atoms with Crippen molar-refractivity contribution in [3.05, 3.63) is 6.33 Å². The van der Waals surface area contributed by atoms with Gasteiger partial charge in [-0.05, 0) is 0 Å². The van der Waals surface area contributed by atoms with Crippen molar-refractivity contribution in [2.24, 2.45) is 0 Å². The number of nitrogens with two attached hydrogens (primary N) is 1. The number of nitrogen functional groups attached to an aromatic ring is 1. The molecule has 0 spiro atoms. The quantitative estimate of drug-likeness (QED) is 0.657. The lowest BCUT2D eigenvalue weighted by atomic mass is 10.2. The molecule has 20 heavy (non-hydrogen) atoms. The van der Waals surface area contributed by atoms with Gasteiger partial charge in [-0.3, -0.25) is 4.57 Å².